The maximum atomic E-state index is 13.2. The number of anilines is 2. The van der Waals surface area contributed by atoms with Crippen LogP contribution in [0.2, 0.25) is 0 Å². The van der Waals surface area contributed by atoms with Gasteiger partial charge >= 0.3 is 0 Å². The Balaban J connectivity index is 1.69. The standard InChI is InChI=1S/C23H20N2O2/c1-24(18-13-7-3-8-14-18)22(26)20-21(17-11-5-2-6-12-17)25(23(20)27)19-15-9-4-10-16-19/h2-16,20-21H,1H3/t20-,21+/m0/s1. The van der Waals surface area contributed by atoms with E-state index in [-0.39, 0.29) is 17.9 Å². The molecule has 1 aliphatic heterocycles. The molecule has 0 spiro atoms. The predicted molar refractivity (Wildman–Crippen MR) is 106 cm³/mol. The second kappa shape index (κ2) is 7.08. The van der Waals surface area contributed by atoms with Gasteiger partial charge in [0.1, 0.15) is 5.92 Å². The van der Waals surface area contributed by atoms with Crippen molar-refractivity contribution < 1.29 is 9.59 Å². The zero-order chi connectivity index (χ0) is 18.8. The maximum Gasteiger partial charge on any atom is 0.242 e. The van der Waals surface area contributed by atoms with E-state index in [9.17, 15) is 9.59 Å². The van der Waals surface area contributed by atoms with E-state index in [4.69, 9.17) is 0 Å². The topological polar surface area (TPSA) is 40.6 Å². The summed E-state index contributed by atoms with van der Waals surface area (Å²) in [5.41, 5.74) is 2.55. The fourth-order valence-electron chi connectivity index (χ4n) is 3.59. The summed E-state index contributed by atoms with van der Waals surface area (Å²) >= 11 is 0. The molecule has 3 aromatic carbocycles. The van der Waals surface area contributed by atoms with Crippen LogP contribution in [-0.2, 0) is 9.59 Å². The minimum absolute atomic E-state index is 0.164. The van der Waals surface area contributed by atoms with Gasteiger partial charge in [-0.15, -0.1) is 0 Å². The van der Waals surface area contributed by atoms with Gasteiger partial charge in [-0.3, -0.25) is 9.59 Å². The SMILES string of the molecule is CN(C(=O)[C@H]1C(=O)N(c2ccccc2)[C@@H]1c1ccccc1)c1ccccc1. The van der Waals surface area contributed by atoms with E-state index in [0.29, 0.717) is 0 Å². The molecule has 2 atom stereocenters. The van der Waals surface area contributed by atoms with Gasteiger partial charge in [0.25, 0.3) is 0 Å². The minimum atomic E-state index is -0.724. The first-order chi connectivity index (χ1) is 13.2. The van der Waals surface area contributed by atoms with Gasteiger partial charge in [0.2, 0.25) is 11.8 Å². The quantitative estimate of drug-likeness (QED) is 0.523. The molecule has 3 aromatic rings. The Morgan fingerprint density at radius 2 is 1.33 bits per heavy atom. The summed E-state index contributed by atoms with van der Waals surface area (Å²) in [6.45, 7) is 0. The van der Waals surface area contributed by atoms with Gasteiger partial charge in [-0.05, 0) is 29.8 Å². The third kappa shape index (κ3) is 2.99. The van der Waals surface area contributed by atoms with Crippen LogP contribution in [0.25, 0.3) is 0 Å². The third-order valence-electron chi connectivity index (χ3n) is 5.01. The number of benzene rings is 3. The molecular weight excluding hydrogens is 336 g/mol. The lowest BCUT2D eigenvalue weighted by atomic mass is 9.80. The van der Waals surface area contributed by atoms with Gasteiger partial charge in [0.05, 0.1) is 6.04 Å². The van der Waals surface area contributed by atoms with Crippen LogP contribution in [0, 0.1) is 5.92 Å². The maximum absolute atomic E-state index is 13.2. The van der Waals surface area contributed by atoms with Gasteiger partial charge in [-0.25, -0.2) is 0 Å². The van der Waals surface area contributed by atoms with Gasteiger partial charge in [-0.1, -0.05) is 66.7 Å². The van der Waals surface area contributed by atoms with E-state index in [1.54, 1.807) is 16.8 Å². The van der Waals surface area contributed by atoms with Crippen molar-refractivity contribution in [3.05, 3.63) is 96.6 Å². The molecule has 0 aliphatic carbocycles. The first kappa shape index (κ1) is 17.0. The van der Waals surface area contributed by atoms with Crippen LogP contribution in [-0.4, -0.2) is 18.9 Å². The van der Waals surface area contributed by atoms with E-state index in [0.717, 1.165) is 16.9 Å². The average Bonchev–Trinajstić information content (AvgIpc) is 2.73. The molecule has 4 nitrogen and oxygen atoms in total. The van der Waals surface area contributed by atoms with Crippen LogP contribution < -0.4 is 9.80 Å². The highest BCUT2D eigenvalue weighted by molar-refractivity contribution is 6.18. The van der Waals surface area contributed by atoms with Crippen LogP contribution in [0.1, 0.15) is 11.6 Å². The molecule has 1 saturated heterocycles. The van der Waals surface area contributed by atoms with Crippen molar-refractivity contribution in [2.45, 2.75) is 6.04 Å². The number of β-lactam (4-membered cyclic amide) rings is 1. The van der Waals surface area contributed by atoms with Crippen molar-refractivity contribution in [3.63, 3.8) is 0 Å². The molecule has 27 heavy (non-hydrogen) atoms. The Hall–Kier alpha value is -3.40. The lowest BCUT2D eigenvalue weighted by Crippen LogP contribution is -2.60. The summed E-state index contributed by atoms with van der Waals surface area (Å²) in [6, 6.07) is 28.3. The fraction of sp³-hybridized carbons (Fsp3) is 0.130. The van der Waals surface area contributed by atoms with Crippen LogP contribution in [0.5, 0.6) is 0 Å². The molecule has 1 aliphatic rings. The Kier molecular flexibility index (Phi) is 4.47. The first-order valence-corrected chi connectivity index (χ1v) is 8.94. The van der Waals surface area contributed by atoms with Crippen LogP contribution in [0.15, 0.2) is 91.0 Å². The van der Waals surface area contributed by atoms with Crippen LogP contribution >= 0.6 is 0 Å². The van der Waals surface area contributed by atoms with Gasteiger partial charge in [0.15, 0.2) is 0 Å². The van der Waals surface area contributed by atoms with Crippen molar-refractivity contribution in [2.75, 3.05) is 16.8 Å². The third-order valence-corrected chi connectivity index (χ3v) is 5.01. The molecule has 1 fully saturated rings. The fourth-order valence-corrected chi connectivity index (χ4v) is 3.59. The highest BCUT2D eigenvalue weighted by Gasteiger charge is 2.53. The predicted octanol–water partition coefficient (Wildman–Crippen LogP) is 4.05. The summed E-state index contributed by atoms with van der Waals surface area (Å²) in [5.74, 6) is -1.08. The Morgan fingerprint density at radius 3 is 1.93 bits per heavy atom. The lowest BCUT2D eigenvalue weighted by molar-refractivity contribution is -0.139. The Bertz CT molecular complexity index is 942. The lowest BCUT2D eigenvalue weighted by Gasteiger charge is -2.47. The summed E-state index contributed by atoms with van der Waals surface area (Å²) in [4.78, 5) is 29.5. The number of rotatable bonds is 4. The van der Waals surface area contributed by atoms with E-state index in [2.05, 4.69) is 0 Å². The number of nitrogens with zero attached hydrogens (tertiary/aromatic N) is 2. The number of carbonyl (C=O) groups excluding carboxylic acids is 2. The summed E-state index contributed by atoms with van der Waals surface area (Å²) in [5, 5.41) is 0. The molecule has 0 bridgehead atoms. The van der Waals surface area contributed by atoms with Gasteiger partial charge < -0.3 is 9.80 Å². The van der Waals surface area contributed by atoms with Gasteiger partial charge in [-0.2, -0.15) is 0 Å². The minimum Gasteiger partial charge on any atom is -0.315 e. The van der Waals surface area contributed by atoms with E-state index in [1.165, 1.54) is 0 Å². The molecule has 4 heteroatoms. The zero-order valence-electron chi connectivity index (χ0n) is 15.0. The number of hydrogen-bond acceptors (Lipinski definition) is 2. The highest BCUT2D eigenvalue weighted by atomic mass is 16.2. The molecule has 0 N–H and O–H groups in total. The molecule has 134 valence electrons. The van der Waals surface area contributed by atoms with Crippen molar-refractivity contribution >= 4 is 23.2 Å². The van der Waals surface area contributed by atoms with Gasteiger partial charge in [0, 0.05) is 18.4 Å². The molecular formula is C23H20N2O2. The highest BCUT2D eigenvalue weighted by Crippen LogP contribution is 2.44. The van der Waals surface area contributed by atoms with Crippen molar-refractivity contribution in [1.82, 2.24) is 0 Å². The second-order valence-electron chi connectivity index (χ2n) is 6.61. The average molecular weight is 356 g/mol. The molecule has 1 heterocycles. The Morgan fingerprint density at radius 1 is 0.815 bits per heavy atom. The number of para-hydroxylation sites is 2. The molecule has 0 unspecified atom stereocenters. The number of carbonyl (C=O) groups is 2. The van der Waals surface area contributed by atoms with E-state index >= 15 is 0 Å². The van der Waals surface area contributed by atoms with Crippen molar-refractivity contribution in [3.8, 4) is 0 Å². The van der Waals surface area contributed by atoms with Crippen molar-refractivity contribution in [2.24, 2.45) is 5.92 Å². The largest absolute Gasteiger partial charge is 0.315 e. The molecule has 0 aromatic heterocycles. The molecule has 4 rings (SSSR count). The summed E-state index contributed by atoms with van der Waals surface area (Å²) in [7, 11) is 1.72. The monoisotopic (exact) mass is 356 g/mol. The van der Waals surface area contributed by atoms with Crippen LogP contribution in [0.3, 0.4) is 0 Å². The zero-order valence-corrected chi connectivity index (χ0v) is 15.0. The van der Waals surface area contributed by atoms with Crippen molar-refractivity contribution in [1.29, 1.82) is 0 Å². The number of hydrogen-bond donors (Lipinski definition) is 0. The number of amides is 2. The smallest absolute Gasteiger partial charge is 0.242 e. The Labute approximate surface area is 158 Å². The molecule has 0 radical (unpaired) electrons. The summed E-state index contributed by atoms with van der Waals surface area (Å²) < 4.78 is 0. The van der Waals surface area contributed by atoms with E-state index < -0.39 is 5.92 Å². The molecule has 0 saturated carbocycles. The molecule has 2 amide bonds. The first-order valence-electron chi connectivity index (χ1n) is 8.94. The second-order valence-corrected chi connectivity index (χ2v) is 6.61. The summed E-state index contributed by atoms with van der Waals surface area (Å²) in [6.07, 6.45) is 0. The van der Waals surface area contributed by atoms with Crippen LogP contribution in [0.4, 0.5) is 11.4 Å². The van der Waals surface area contributed by atoms with E-state index in [1.807, 2.05) is 91.0 Å². The normalized spacial score (nSPS) is 18.7.